The third kappa shape index (κ3) is 3.63. The van der Waals surface area contributed by atoms with E-state index >= 15 is 0 Å². The topological polar surface area (TPSA) is 53.5 Å². The van der Waals surface area contributed by atoms with Crippen molar-refractivity contribution in [3.63, 3.8) is 0 Å². The van der Waals surface area contributed by atoms with E-state index in [1.807, 2.05) is 28.0 Å². The van der Waals surface area contributed by atoms with E-state index in [-0.39, 0.29) is 35.5 Å². The fraction of sp³-hybridized carbons (Fsp3) is 0.409. The van der Waals surface area contributed by atoms with E-state index < -0.39 is 0 Å². The summed E-state index contributed by atoms with van der Waals surface area (Å²) in [6, 6.07) is 10.2. The van der Waals surface area contributed by atoms with Crippen molar-refractivity contribution in [1.29, 1.82) is 0 Å². The summed E-state index contributed by atoms with van der Waals surface area (Å²) < 4.78 is 13.8. The molecule has 6 heteroatoms. The van der Waals surface area contributed by atoms with Crippen LogP contribution in [-0.4, -0.2) is 46.2 Å². The van der Waals surface area contributed by atoms with Crippen molar-refractivity contribution in [3.05, 3.63) is 65.7 Å². The fourth-order valence-electron chi connectivity index (χ4n) is 4.65. The molecule has 2 amide bonds. The van der Waals surface area contributed by atoms with Gasteiger partial charge in [-0.15, -0.1) is 0 Å². The molecule has 0 aliphatic carbocycles. The maximum atomic E-state index is 13.8. The molecule has 0 saturated carbocycles. The molecule has 2 aromatic rings. The summed E-state index contributed by atoms with van der Waals surface area (Å²) in [7, 11) is 0. The number of halogens is 1. The number of carbonyl (C=O) groups excluding carboxylic acids is 2. The lowest BCUT2D eigenvalue weighted by Gasteiger charge is -2.29. The molecule has 1 aromatic carbocycles. The van der Waals surface area contributed by atoms with Crippen molar-refractivity contribution >= 4 is 11.8 Å². The third-order valence-corrected chi connectivity index (χ3v) is 5.99. The van der Waals surface area contributed by atoms with Crippen LogP contribution in [0.4, 0.5) is 4.39 Å². The van der Waals surface area contributed by atoms with Gasteiger partial charge < -0.3 is 9.80 Å². The number of hydrogen-bond donors (Lipinski definition) is 0. The summed E-state index contributed by atoms with van der Waals surface area (Å²) >= 11 is 0. The van der Waals surface area contributed by atoms with Crippen LogP contribution in [0, 0.1) is 17.7 Å². The maximum absolute atomic E-state index is 13.8. The van der Waals surface area contributed by atoms with E-state index in [9.17, 15) is 14.0 Å². The van der Waals surface area contributed by atoms with Crippen molar-refractivity contribution in [3.8, 4) is 0 Å². The van der Waals surface area contributed by atoms with Crippen LogP contribution in [0.15, 0.2) is 48.8 Å². The zero-order valence-electron chi connectivity index (χ0n) is 15.9. The summed E-state index contributed by atoms with van der Waals surface area (Å²) in [4.78, 5) is 32.7. The Bertz CT molecular complexity index is 873. The van der Waals surface area contributed by atoms with Gasteiger partial charge in [-0.05, 0) is 41.8 Å². The summed E-state index contributed by atoms with van der Waals surface area (Å²) in [6.45, 7) is 3.46. The minimum Gasteiger partial charge on any atom is -0.342 e. The minimum absolute atomic E-state index is 0.000718. The Morgan fingerprint density at radius 2 is 1.93 bits per heavy atom. The lowest BCUT2D eigenvalue weighted by atomic mass is 9.89. The second kappa shape index (κ2) is 7.70. The average Bonchev–Trinajstić information content (AvgIpc) is 3.25. The highest BCUT2D eigenvalue weighted by Gasteiger charge is 2.49. The fourth-order valence-corrected chi connectivity index (χ4v) is 4.65. The molecule has 0 N–H and O–H groups in total. The highest BCUT2D eigenvalue weighted by Crippen LogP contribution is 2.45. The minimum atomic E-state index is -0.298. The number of amides is 2. The molecular formula is C22H24FN3O2. The van der Waals surface area contributed by atoms with Crippen LogP contribution in [0.3, 0.4) is 0 Å². The van der Waals surface area contributed by atoms with Gasteiger partial charge in [0.05, 0.1) is 6.04 Å². The number of aromatic nitrogens is 1. The molecule has 0 unspecified atom stereocenters. The highest BCUT2D eigenvalue weighted by molar-refractivity contribution is 5.77. The Morgan fingerprint density at radius 3 is 2.64 bits per heavy atom. The van der Waals surface area contributed by atoms with Crippen LogP contribution in [0.1, 0.15) is 30.5 Å². The van der Waals surface area contributed by atoms with Crippen molar-refractivity contribution in [2.24, 2.45) is 11.8 Å². The van der Waals surface area contributed by atoms with Gasteiger partial charge in [-0.1, -0.05) is 12.1 Å². The Balaban J connectivity index is 1.47. The number of aryl methyl sites for hydroxylation is 1. The number of rotatable bonds is 4. The first-order valence-corrected chi connectivity index (χ1v) is 9.72. The molecular weight excluding hydrogens is 357 g/mol. The van der Waals surface area contributed by atoms with Crippen LogP contribution >= 0.6 is 0 Å². The van der Waals surface area contributed by atoms with Crippen molar-refractivity contribution in [1.82, 2.24) is 14.8 Å². The van der Waals surface area contributed by atoms with Gasteiger partial charge in [-0.25, -0.2) is 4.39 Å². The highest BCUT2D eigenvalue weighted by atomic mass is 19.1. The van der Waals surface area contributed by atoms with E-state index in [0.717, 1.165) is 11.1 Å². The molecule has 3 atom stereocenters. The van der Waals surface area contributed by atoms with Crippen molar-refractivity contribution in [2.45, 2.75) is 25.8 Å². The lowest BCUT2D eigenvalue weighted by Crippen LogP contribution is -2.36. The number of fused-ring (bicyclic) bond motifs is 1. The number of hydrogen-bond acceptors (Lipinski definition) is 3. The van der Waals surface area contributed by atoms with Crippen LogP contribution in [-0.2, 0) is 16.0 Å². The molecule has 0 bridgehead atoms. The zero-order valence-corrected chi connectivity index (χ0v) is 15.9. The molecule has 28 heavy (non-hydrogen) atoms. The number of carbonyl (C=O) groups is 2. The summed E-state index contributed by atoms with van der Waals surface area (Å²) in [5.74, 6) is 0.225. The van der Waals surface area contributed by atoms with Gasteiger partial charge in [0.2, 0.25) is 11.8 Å². The second-order valence-electron chi connectivity index (χ2n) is 7.75. The summed E-state index contributed by atoms with van der Waals surface area (Å²) in [6.07, 6.45) is 4.63. The van der Waals surface area contributed by atoms with E-state index in [4.69, 9.17) is 0 Å². The van der Waals surface area contributed by atoms with Gasteiger partial charge in [-0.3, -0.25) is 14.6 Å². The largest absolute Gasteiger partial charge is 0.342 e. The van der Waals surface area contributed by atoms with Gasteiger partial charge >= 0.3 is 0 Å². The quantitative estimate of drug-likeness (QED) is 0.818. The number of likely N-dealkylation sites (tertiary alicyclic amines) is 2. The molecule has 146 valence electrons. The van der Waals surface area contributed by atoms with Crippen molar-refractivity contribution in [2.75, 3.05) is 19.6 Å². The molecule has 4 rings (SSSR count). The summed E-state index contributed by atoms with van der Waals surface area (Å²) in [5, 5.41) is 0. The molecule has 3 heterocycles. The standard InChI is InChI=1S/C22H24FN3O2/c1-15(27)26-13-18-12-25(21(28)6-5-16-7-9-24-10-8-16)14-20(18)22(26)17-3-2-4-19(23)11-17/h2-4,7-11,18,20,22H,5-6,12-14H2,1H3/t18-,20-,22+/m1/s1. The summed E-state index contributed by atoms with van der Waals surface area (Å²) in [5.41, 5.74) is 1.91. The zero-order chi connectivity index (χ0) is 19.7. The normalized spacial score (nSPS) is 23.7. The van der Waals surface area contributed by atoms with Crippen molar-refractivity contribution < 1.29 is 14.0 Å². The SMILES string of the molecule is CC(=O)N1C[C@H]2CN(C(=O)CCc3ccncc3)C[C@H]2[C@@H]1c1cccc(F)c1. The Hall–Kier alpha value is -2.76. The average molecular weight is 381 g/mol. The predicted molar refractivity (Wildman–Crippen MR) is 103 cm³/mol. The van der Waals surface area contributed by atoms with E-state index in [0.29, 0.717) is 32.5 Å². The van der Waals surface area contributed by atoms with Crippen LogP contribution in [0.2, 0.25) is 0 Å². The van der Waals surface area contributed by atoms with Crippen LogP contribution in [0.25, 0.3) is 0 Å². The second-order valence-corrected chi connectivity index (χ2v) is 7.75. The monoisotopic (exact) mass is 381 g/mol. The van der Waals surface area contributed by atoms with Gasteiger partial charge in [0.25, 0.3) is 0 Å². The Kier molecular flexibility index (Phi) is 5.11. The smallest absolute Gasteiger partial charge is 0.222 e. The van der Waals surface area contributed by atoms with E-state index in [1.54, 1.807) is 25.4 Å². The van der Waals surface area contributed by atoms with Gasteiger partial charge in [0.15, 0.2) is 0 Å². The Morgan fingerprint density at radius 1 is 1.14 bits per heavy atom. The molecule has 2 fully saturated rings. The van der Waals surface area contributed by atoms with E-state index in [1.165, 1.54) is 12.1 Å². The third-order valence-electron chi connectivity index (χ3n) is 5.99. The Labute approximate surface area is 164 Å². The number of benzene rings is 1. The molecule has 5 nitrogen and oxygen atoms in total. The maximum Gasteiger partial charge on any atom is 0.222 e. The lowest BCUT2D eigenvalue weighted by molar-refractivity contribution is -0.131. The molecule has 2 aliphatic heterocycles. The first-order chi connectivity index (χ1) is 13.5. The van der Waals surface area contributed by atoms with Crippen LogP contribution < -0.4 is 0 Å². The van der Waals surface area contributed by atoms with E-state index in [2.05, 4.69) is 4.98 Å². The first kappa shape index (κ1) is 18.6. The molecule has 2 aliphatic rings. The molecule has 1 aromatic heterocycles. The molecule has 0 spiro atoms. The predicted octanol–water partition coefficient (Wildman–Crippen LogP) is 2.83. The number of nitrogens with zero attached hydrogens (tertiary/aromatic N) is 3. The molecule has 2 saturated heterocycles. The van der Waals surface area contributed by atoms with Gasteiger partial charge in [0.1, 0.15) is 5.82 Å². The number of pyridine rings is 1. The molecule has 0 radical (unpaired) electrons. The van der Waals surface area contributed by atoms with Gasteiger partial charge in [-0.2, -0.15) is 0 Å². The van der Waals surface area contributed by atoms with Gasteiger partial charge in [0, 0.05) is 57.2 Å². The van der Waals surface area contributed by atoms with Crippen LogP contribution in [0.5, 0.6) is 0 Å². The first-order valence-electron chi connectivity index (χ1n) is 9.72.